The second-order valence-electron chi connectivity index (χ2n) is 4.76. The van der Waals surface area contributed by atoms with Gasteiger partial charge in [-0.3, -0.25) is 9.59 Å². The molecule has 0 spiro atoms. The number of benzene rings is 1. The van der Waals surface area contributed by atoms with E-state index in [-0.39, 0.29) is 18.0 Å². The summed E-state index contributed by atoms with van der Waals surface area (Å²) in [5.41, 5.74) is 1.93. The third-order valence-corrected chi connectivity index (χ3v) is 3.04. The summed E-state index contributed by atoms with van der Waals surface area (Å²) in [6.45, 7) is 2.49. The molecule has 0 aliphatic carbocycles. The van der Waals surface area contributed by atoms with E-state index in [2.05, 4.69) is 5.32 Å². The number of aryl methyl sites for hydroxylation is 1. The highest BCUT2D eigenvalue weighted by Crippen LogP contribution is 1.98. The molecule has 0 aliphatic rings. The highest BCUT2D eigenvalue weighted by molar-refractivity contribution is 5.75. The van der Waals surface area contributed by atoms with E-state index in [9.17, 15) is 9.59 Å². The molecule has 0 atom stereocenters. The highest BCUT2D eigenvalue weighted by Gasteiger charge is 2.03. The van der Waals surface area contributed by atoms with Crippen molar-refractivity contribution in [3.63, 3.8) is 0 Å². The molecule has 1 amide bonds. The fraction of sp³-hybridized carbons (Fsp3) is 0.250. The van der Waals surface area contributed by atoms with E-state index in [0.29, 0.717) is 6.54 Å². The molecular formula is C16H18N2O2. The Balaban J connectivity index is 1.82. The van der Waals surface area contributed by atoms with E-state index in [4.69, 9.17) is 0 Å². The van der Waals surface area contributed by atoms with Crippen molar-refractivity contribution in [2.24, 2.45) is 0 Å². The quantitative estimate of drug-likeness (QED) is 0.895. The van der Waals surface area contributed by atoms with Gasteiger partial charge in [0, 0.05) is 18.8 Å². The Bertz CT molecular complexity index is 632. The standard InChI is InChI=1S/C16H18N2O2/c1-13-8-10-18(16(20)11-13)12-15(19)17-9-7-14-5-3-2-4-6-14/h2-6,8,10-11H,7,9,12H2,1H3,(H,17,19). The van der Waals surface area contributed by atoms with Crippen LogP contribution in [0, 0.1) is 6.92 Å². The molecule has 1 aromatic heterocycles. The zero-order chi connectivity index (χ0) is 14.4. The number of carbonyl (C=O) groups excluding carboxylic acids is 1. The van der Waals surface area contributed by atoms with Crippen molar-refractivity contribution in [2.45, 2.75) is 19.9 Å². The van der Waals surface area contributed by atoms with Gasteiger partial charge in [0.05, 0.1) is 0 Å². The fourth-order valence-electron chi connectivity index (χ4n) is 1.94. The Morgan fingerprint density at radius 1 is 1.20 bits per heavy atom. The van der Waals surface area contributed by atoms with Crippen LogP contribution in [0.1, 0.15) is 11.1 Å². The summed E-state index contributed by atoms with van der Waals surface area (Å²) >= 11 is 0. The van der Waals surface area contributed by atoms with Crippen molar-refractivity contribution in [2.75, 3.05) is 6.54 Å². The Kier molecular flexibility index (Phi) is 4.71. The zero-order valence-electron chi connectivity index (χ0n) is 11.5. The molecule has 1 N–H and O–H groups in total. The maximum absolute atomic E-state index is 11.8. The molecule has 104 valence electrons. The van der Waals surface area contributed by atoms with Crippen molar-refractivity contribution in [3.05, 3.63) is 70.1 Å². The summed E-state index contributed by atoms with van der Waals surface area (Å²) in [5.74, 6) is -0.146. The number of hydrogen-bond acceptors (Lipinski definition) is 2. The molecular weight excluding hydrogens is 252 g/mol. The van der Waals surface area contributed by atoms with Crippen LogP contribution in [-0.2, 0) is 17.8 Å². The van der Waals surface area contributed by atoms with E-state index in [0.717, 1.165) is 12.0 Å². The molecule has 0 radical (unpaired) electrons. The average Bonchev–Trinajstić information content (AvgIpc) is 2.43. The lowest BCUT2D eigenvalue weighted by Crippen LogP contribution is -2.33. The first kappa shape index (κ1) is 14.1. The molecule has 4 heteroatoms. The Hall–Kier alpha value is -2.36. The highest BCUT2D eigenvalue weighted by atomic mass is 16.2. The minimum absolute atomic E-state index is 0.0634. The van der Waals surface area contributed by atoms with Crippen molar-refractivity contribution >= 4 is 5.91 Å². The number of aromatic nitrogens is 1. The number of pyridine rings is 1. The van der Waals surface area contributed by atoms with Crippen LogP contribution in [0.3, 0.4) is 0 Å². The Morgan fingerprint density at radius 3 is 2.65 bits per heavy atom. The van der Waals surface area contributed by atoms with Crippen molar-refractivity contribution in [1.82, 2.24) is 9.88 Å². The normalized spacial score (nSPS) is 10.2. The number of hydrogen-bond donors (Lipinski definition) is 1. The lowest BCUT2D eigenvalue weighted by molar-refractivity contribution is -0.121. The minimum Gasteiger partial charge on any atom is -0.354 e. The van der Waals surface area contributed by atoms with Crippen LogP contribution in [0.5, 0.6) is 0 Å². The summed E-state index contributed by atoms with van der Waals surface area (Å²) in [6.07, 6.45) is 2.43. The molecule has 1 heterocycles. The Labute approximate surface area is 118 Å². The van der Waals surface area contributed by atoms with E-state index < -0.39 is 0 Å². The van der Waals surface area contributed by atoms with E-state index in [1.807, 2.05) is 43.3 Å². The lowest BCUT2D eigenvalue weighted by Gasteiger charge is -2.07. The summed E-state index contributed by atoms with van der Waals surface area (Å²) in [6, 6.07) is 13.3. The van der Waals surface area contributed by atoms with Crippen molar-refractivity contribution in [1.29, 1.82) is 0 Å². The number of rotatable bonds is 5. The molecule has 0 saturated carbocycles. The number of nitrogens with zero attached hydrogens (tertiary/aromatic N) is 1. The monoisotopic (exact) mass is 270 g/mol. The van der Waals surface area contributed by atoms with E-state index >= 15 is 0 Å². The van der Waals surface area contributed by atoms with Gasteiger partial charge in [-0.25, -0.2) is 0 Å². The van der Waals surface area contributed by atoms with Crippen LogP contribution in [0.15, 0.2) is 53.5 Å². The zero-order valence-corrected chi connectivity index (χ0v) is 11.5. The number of nitrogens with one attached hydrogen (secondary N) is 1. The van der Waals surface area contributed by atoms with Crippen LogP contribution in [0.2, 0.25) is 0 Å². The van der Waals surface area contributed by atoms with Crippen molar-refractivity contribution in [3.8, 4) is 0 Å². The third-order valence-electron chi connectivity index (χ3n) is 3.04. The minimum atomic E-state index is -0.150. The van der Waals surface area contributed by atoms with Gasteiger partial charge in [-0.2, -0.15) is 0 Å². The van der Waals surface area contributed by atoms with Crippen LogP contribution in [-0.4, -0.2) is 17.0 Å². The van der Waals surface area contributed by atoms with Gasteiger partial charge in [0.1, 0.15) is 6.54 Å². The van der Waals surface area contributed by atoms with Gasteiger partial charge >= 0.3 is 0 Å². The van der Waals surface area contributed by atoms with Crippen molar-refractivity contribution < 1.29 is 4.79 Å². The molecule has 0 fully saturated rings. The largest absolute Gasteiger partial charge is 0.354 e. The molecule has 0 aliphatic heterocycles. The van der Waals surface area contributed by atoms with E-state index in [1.165, 1.54) is 16.2 Å². The van der Waals surface area contributed by atoms with Crippen LogP contribution in [0.4, 0.5) is 0 Å². The molecule has 1 aromatic carbocycles. The Morgan fingerprint density at radius 2 is 1.95 bits per heavy atom. The summed E-state index contributed by atoms with van der Waals surface area (Å²) in [5, 5.41) is 2.82. The fourth-order valence-corrected chi connectivity index (χ4v) is 1.94. The third kappa shape index (κ3) is 4.09. The summed E-state index contributed by atoms with van der Waals surface area (Å²) < 4.78 is 1.41. The van der Waals surface area contributed by atoms with Gasteiger partial charge in [-0.15, -0.1) is 0 Å². The van der Waals surface area contributed by atoms with Gasteiger partial charge in [0.25, 0.3) is 5.56 Å². The van der Waals surface area contributed by atoms with Gasteiger partial charge < -0.3 is 9.88 Å². The molecule has 0 bridgehead atoms. The predicted octanol–water partition coefficient (Wildman–Crippen LogP) is 1.52. The SMILES string of the molecule is Cc1ccn(CC(=O)NCCc2ccccc2)c(=O)c1. The lowest BCUT2D eigenvalue weighted by atomic mass is 10.1. The molecule has 20 heavy (non-hydrogen) atoms. The first-order valence-corrected chi connectivity index (χ1v) is 6.63. The molecule has 2 aromatic rings. The second kappa shape index (κ2) is 6.70. The topological polar surface area (TPSA) is 51.1 Å². The summed E-state index contributed by atoms with van der Waals surface area (Å²) in [4.78, 5) is 23.4. The number of amides is 1. The van der Waals surface area contributed by atoms with Gasteiger partial charge in [0.15, 0.2) is 0 Å². The molecule has 0 saturated heterocycles. The van der Waals surface area contributed by atoms with Crippen LogP contribution < -0.4 is 10.9 Å². The summed E-state index contributed by atoms with van der Waals surface area (Å²) in [7, 11) is 0. The smallest absolute Gasteiger partial charge is 0.251 e. The second-order valence-corrected chi connectivity index (χ2v) is 4.76. The number of carbonyl (C=O) groups is 1. The van der Waals surface area contributed by atoms with Crippen LogP contribution in [0.25, 0.3) is 0 Å². The average molecular weight is 270 g/mol. The van der Waals surface area contributed by atoms with Gasteiger partial charge in [-0.05, 0) is 30.5 Å². The molecule has 0 unspecified atom stereocenters. The molecule has 2 rings (SSSR count). The van der Waals surface area contributed by atoms with Gasteiger partial charge in [0.2, 0.25) is 5.91 Å². The van der Waals surface area contributed by atoms with Gasteiger partial charge in [-0.1, -0.05) is 30.3 Å². The first-order chi connectivity index (χ1) is 9.65. The first-order valence-electron chi connectivity index (χ1n) is 6.63. The molecule has 4 nitrogen and oxygen atoms in total. The maximum atomic E-state index is 11.8. The van der Waals surface area contributed by atoms with Crippen LogP contribution >= 0.6 is 0 Å². The van der Waals surface area contributed by atoms with E-state index in [1.54, 1.807) is 6.20 Å². The predicted molar refractivity (Wildman–Crippen MR) is 78.6 cm³/mol. The maximum Gasteiger partial charge on any atom is 0.251 e.